The van der Waals surface area contributed by atoms with Gasteiger partial charge in [-0.15, -0.1) is 0 Å². The van der Waals surface area contributed by atoms with Crippen molar-refractivity contribution in [1.82, 2.24) is 9.78 Å². The summed E-state index contributed by atoms with van der Waals surface area (Å²) in [7, 11) is 0. The third-order valence-corrected chi connectivity index (χ3v) is 2.41. The minimum Gasteiger partial charge on any atom is -0.399 e. The normalized spacial score (nSPS) is 11.5. The van der Waals surface area contributed by atoms with Gasteiger partial charge in [-0.3, -0.25) is 4.79 Å². The molecule has 8 heteroatoms. The van der Waals surface area contributed by atoms with Crippen LogP contribution in [0, 0.1) is 0 Å². The highest BCUT2D eigenvalue weighted by molar-refractivity contribution is 5.97. The number of nitrogen functional groups attached to an aromatic ring is 1. The van der Waals surface area contributed by atoms with Gasteiger partial charge in [0.25, 0.3) is 5.91 Å². The number of benzene rings is 1. The highest BCUT2D eigenvalue weighted by Gasteiger charge is 2.33. The van der Waals surface area contributed by atoms with E-state index < -0.39 is 17.8 Å². The van der Waals surface area contributed by atoms with Crippen molar-refractivity contribution >= 4 is 11.6 Å². The summed E-state index contributed by atoms with van der Waals surface area (Å²) in [5, 5.41) is 3.37. The van der Waals surface area contributed by atoms with Crippen molar-refractivity contribution in [3.63, 3.8) is 0 Å². The van der Waals surface area contributed by atoms with Gasteiger partial charge in [0, 0.05) is 11.9 Å². The predicted octanol–water partition coefficient (Wildman–Crippen LogP) is 1.57. The molecule has 100 valence electrons. The number of carbonyl (C=O) groups excluding carboxylic acids is 1. The van der Waals surface area contributed by atoms with Crippen LogP contribution >= 0.6 is 0 Å². The molecule has 1 aromatic carbocycles. The summed E-state index contributed by atoms with van der Waals surface area (Å²) in [6.07, 6.45) is -3.45. The van der Waals surface area contributed by atoms with Crippen LogP contribution in [0.4, 0.5) is 18.9 Å². The first kappa shape index (κ1) is 12.9. The van der Waals surface area contributed by atoms with Crippen molar-refractivity contribution in [3.8, 4) is 5.69 Å². The number of anilines is 1. The van der Waals surface area contributed by atoms with E-state index in [4.69, 9.17) is 11.5 Å². The fraction of sp³-hybridized carbons (Fsp3) is 0.0909. The maximum atomic E-state index is 12.5. The third kappa shape index (κ3) is 2.51. The number of primary amides is 1. The van der Waals surface area contributed by atoms with Crippen molar-refractivity contribution in [2.45, 2.75) is 6.18 Å². The van der Waals surface area contributed by atoms with E-state index in [9.17, 15) is 18.0 Å². The zero-order valence-electron chi connectivity index (χ0n) is 9.48. The molecule has 0 saturated heterocycles. The van der Waals surface area contributed by atoms with Gasteiger partial charge in [0.2, 0.25) is 0 Å². The topological polar surface area (TPSA) is 86.9 Å². The third-order valence-electron chi connectivity index (χ3n) is 2.41. The molecule has 0 saturated carbocycles. The quantitative estimate of drug-likeness (QED) is 0.812. The van der Waals surface area contributed by atoms with Gasteiger partial charge in [-0.2, -0.15) is 18.3 Å². The van der Waals surface area contributed by atoms with Crippen LogP contribution in [-0.4, -0.2) is 15.7 Å². The first-order chi connectivity index (χ1) is 8.79. The Morgan fingerprint density at radius 1 is 1.26 bits per heavy atom. The lowest BCUT2D eigenvalue weighted by molar-refractivity contribution is -0.141. The Balaban J connectivity index is 2.53. The lowest BCUT2D eigenvalue weighted by atomic mass is 10.1. The molecular weight excluding hydrogens is 261 g/mol. The van der Waals surface area contributed by atoms with Gasteiger partial charge >= 0.3 is 6.18 Å². The van der Waals surface area contributed by atoms with Crippen LogP contribution < -0.4 is 11.5 Å². The zero-order valence-corrected chi connectivity index (χ0v) is 9.48. The summed E-state index contributed by atoms with van der Waals surface area (Å²) in [5.41, 5.74) is 10.0. The summed E-state index contributed by atoms with van der Waals surface area (Å²) in [6.45, 7) is 0. The maximum absolute atomic E-state index is 12.5. The van der Waals surface area contributed by atoms with Crippen LogP contribution in [-0.2, 0) is 6.18 Å². The maximum Gasteiger partial charge on any atom is 0.435 e. The molecule has 0 spiro atoms. The number of hydrogen-bond donors (Lipinski definition) is 2. The lowest BCUT2D eigenvalue weighted by Gasteiger charge is -2.08. The van der Waals surface area contributed by atoms with E-state index in [1.807, 2.05) is 0 Å². The number of rotatable bonds is 2. The average molecular weight is 270 g/mol. The highest BCUT2D eigenvalue weighted by Crippen LogP contribution is 2.28. The molecule has 2 rings (SSSR count). The predicted molar refractivity (Wildman–Crippen MR) is 61.5 cm³/mol. The molecule has 0 aliphatic carbocycles. The number of amides is 1. The standard InChI is InChI=1S/C11H9F3N4O/c12-11(13,14)9-3-4-18(17-9)8-2-1-6(15)5-7(8)10(16)19/h1-5H,15H2,(H2,16,19). The number of carbonyl (C=O) groups is 1. The number of nitrogens with two attached hydrogens (primary N) is 2. The lowest BCUT2D eigenvalue weighted by Crippen LogP contribution is -2.16. The van der Waals surface area contributed by atoms with Crippen LogP contribution in [0.2, 0.25) is 0 Å². The average Bonchev–Trinajstić information content (AvgIpc) is 2.77. The van der Waals surface area contributed by atoms with Crippen LogP contribution in [0.25, 0.3) is 5.69 Å². The number of nitrogens with zero attached hydrogens (tertiary/aromatic N) is 2. The molecule has 4 N–H and O–H groups in total. The van der Waals surface area contributed by atoms with Gasteiger partial charge in [-0.25, -0.2) is 4.68 Å². The minimum atomic E-state index is -4.55. The molecule has 0 atom stereocenters. The van der Waals surface area contributed by atoms with E-state index >= 15 is 0 Å². The Labute approximate surface area is 105 Å². The van der Waals surface area contributed by atoms with Crippen molar-refractivity contribution in [1.29, 1.82) is 0 Å². The van der Waals surface area contributed by atoms with E-state index in [1.165, 1.54) is 18.2 Å². The molecule has 1 aromatic heterocycles. The summed E-state index contributed by atoms with van der Waals surface area (Å²) in [6, 6.07) is 4.91. The molecule has 1 amide bonds. The second kappa shape index (κ2) is 4.30. The molecule has 0 aliphatic heterocycles. The minimum absolute atomic E-state index is 0.00294. The van der Waals surface area contributed by atoms with Gasteiger partial charge in [0.1, 0.15) is 0 Å². The fourth-order valence-corrected chi connectivity index (χ4v) is 1.56. The van der Waals surface area contributed by atoms with Crippen molar-refractivity contribution < 1.29 is 18.0 Å². The second-order valence-electron chi connectivity index (χ2n) is 3.78. The van der Waals surface area contributed by atoms with E-state index in [1.54, 1.807) is 0 Å². The Morgan fingerprint density at radius 3 is 2.47 bits per heavy atom. The molecule has 1 heterocycles. The molecule has 19 heavy (non-hydrogen) atoms. The highest BCUT2D eigenvalue weighted by atomic mass is 19.4. The summed E-state index contributed by atoms with van der Waals surface area (Å²) >= 11 is 0. The van der Waals surface area contributed by atoms with Crippen LogP contribution in [0.1, 0.15) is 16.1 Å². The Hall–Kier alpha value is -2.51. The Bertz CT molecular complexity index is 633. The van der Waals surface area contributed by atoms with E-state index in [0.29, 0.717) is 0 Å². The number of halogens is 3. The first-order valence-electron chi connectivity index (χ1n) is 5.11. The van der Waals surface area contributed by atoms with Gasteiger partial charge < -0.3 is 11.5 Å². The monoisotopic (exact) mass is 270 g/mol. The largest absolute Gasteiger partial charge is 0.435 e. The van der Waals surface area contributed by atoms with Gasteiger partial charge in [-0.1, -0.05) is 0 Å². The van der Waals surface area contributed by atoms with Crippen LogP contribution in [0.5, 0.6) is 0 Å². The van der Waals surface area contributed by atoms with E-state index in [0.717, 1.165) is 16.9 Å². The molecule has 0 aliphatic rings. The summed E-state index contributed by atoms with van der Waals surface area (Å²) in [5.74, 6) is -0.800. The summed E-state index contributed by atoms with van der Waals surface area (Å²) in [4.78, 5) is 11.3. The second-order valence-corrected chi connectivity index (χ2v) is 3.78. The molecule has 0 unspecified atom stereocenters. The fourth-order valence-electron chi connectivity index (χ4n) is 1.56. The molecule has 5 nitrogen and oxygen atoms in total. The van der Waals surface area contributed by atoms with Gasteiger partial charge in [0.05, 0.1) is 11.3 Å². The van der Waals surface area contributed by atoms with Gasteiger partial charge in [0.15, 0.2) is 5.69 Å². The molecule has 0 bridgehead atoms. The molecular formula is C11H9F3N4O. The number of hydrogen-bond acceptors (Lipinski definition) is 3. The number of aromatic nitrogens is 2. The summed E-state index contributed by atoms with van der Waals surface area (Å²) < 4.78 is 38.3. The van der Waals surface area contributed by atoms with Gasteiger partial charge in [-0.05, 0) is 24.3 Å². The van der Waals surface area contributed by atoms with Crippen molar-refractivity contribution in [2.75, 3.05) is 5.73 Å². The van der Waals surface area contributed by atoms with E-state index in [2.05, 4.69) is 5.10 Å². The van der Waals surface area contributed by atoms with Crippen molar-refractivity contribution in [2.24, 2.45) is 5.73 Å². The number of alkyl halides is 3. The smallest absolute Gasteiger partial charge is 0.399 e. The zero-order chi connectivity index (χ0) is 14.2. The first-order valence-corrected chi connectivity index (χ1v) is 5.11. The van der Waals surface area contributed by atoms with E-state index in [-0.39, 0.29) is 16.9 Å². The Kier molecular flexibility index (Phi) is 2.93. The van der Waals surface area contributed by atoms with Crippen LogP contribution in [0.15, 0.2) is 30.5 Å². The van der Waals surface area contributed by atoms with Crippen molar-refractivity contribution in [3.05, 3.63) is 41.7 Å². The SMILES string of the molecule is NC(=O)c1cc(N)ccc1-n1ccc(C(F)(F)F)n1. The Morgan fingerprint density at radius 2 is 1.95 bits per heavy atom. The molecule has 0 fully saturated rings. The van der Waals surface area contributed by atoms with Crippen LogP contribution in [0.3, 0.4) is 0 Å². The molecule has 0 radical (unpaired) electrons. The molecule has 2 aromatic rings.